The summed E-state index contributed by atoms with van der Waals surface area (Å²) in [5.74, 6) is -0.894. The highest BCUT2D eigenvalue weighted by molar-refractivity contribution is 5.71. The number of hydrogen-bond donors (Lipinski definition) is 0. The lowest BCUT2D eigenvalue weighted by Gasteiger charge is -2.18. The fourth-order valence-corrected chi connectivity index (χ4v) is 8.92. The Hall–Kier alpha value is -2.63. The standard InChI is InChI=1S/C64H116O6/c1-4-7-10-13-16-19-22-25-28-31-32-34-36-39-42-45-48-51-54-57-63(66)69-60-61(59-68-62(65)56-53-50-47-44-41-38-35-30-27-24-21-18-15-12-9-6-3)70-64(67)58-55-52-49-46-43-40-37-33-29-26-23-20-17-14-11-8-5-2/h17,20,26,29-30,35,37,40,61H,4-16,18-19,21-25,27-28,31-34,36,38-39,41-60H2,1-3H3/b20-17-,29-26-,35-30-,40-37-/t61-/m1/s1. The predicted molar refractivity (Wildman–Crippen MR) is 302 cm³/mol. The van der Waals surface area contributed by atoms with Crippen molar-refractivity contribution in [2.24, 2.45) is 0 Å². The third-order valence-corrected chi connectivity index (χ3v) is 13.6. The van der Waals surface area contributed by atoms with Crippen LogP contribution in [0.1, 0.15) is 323 Å². The summed E-state index contributed by atoms with van der Waals surface area (Å²) in [5.41, 5.74) is 0. The summed E-state index contributed by atoms with van der Waals surface area (Å²) in [5, 5.41) is 0. The van der Waals surface area contributed by atoms with E-state index in [1.807, 2.05) is 0 Å². The Bertz CT molecular complexity index is 1220. The van der Waals surface area contributed by atoms with Gasteiger partial charge in [-0.15, -0.1) is 0 Å². The number of unbranched alkanes of at least 4 members (excludes halogenated alkanes) is 37. The van der Waals surface area contributed by atoms with Crippen LogP contribution in [0.5, 0.6) is 0 Å². The zero-order chi connectivity index (χ0) is 50.7. The average molecular weight is 982 g/mol. The minimum Gasteiger partial charge on any atom is -0.462 e. The molecule has 0 saturated carbocycles. The molecular formula is C64H116O6. The first kappa shape index (κ1) is 67.4. The van der Waals surface area contributed by atoms with E-state index in [9.17, 15) is 14.4 Å². The summed E-state index contributed by atoms with van der Waals surface area (Å²) < 4.78 is 16.9. The van der Waals surface area contributed by atoms with Crippen LogP contribution < -0.4 is 0 Å². The highest BCUT2D eigenvalue weighted by Gasteiger charge is 2.19. The normalized spacial score (nSPS) is 12.3. The highest BCUT2D eigenvalue weighted by Crippen LogP contribution is 2.17. The maximum atomic E-state index is 12.9. The van der Waals surface area contributed by atoms with E-state index in [4.69, 9.17) is 14.2 Å². The van der Waals surface area contributed by atoms with Gasteiger partial charge in [-0.05, 0) is 83.5 Å². The first-order chi connectivity index (χ1) is 34.5. The highest BCUT2D eigenvalue weighted by atomic mass is 16.6. The molecule has 0 rings (SSSR count). The van der Waals surface area contributed by atoms with Gasteiger partial charge in [0.1, 0.15) is 13.2 Å². The average Bonchev–Trinajstić information content (AvgIpc) is 3.36. The zero-order valence-corrected chi connectivity index (χ0v) is 46.8. The van der Waals surface area contributed by atoms with E-state index in [-0.39, 0.29) is 31.1 Å². The number of carbonyl (C=O) groups excluding carboxylic acids is 3. The van der Waals surface area contributed by atoms with Crippen LogP contribution in [0.3, 0.4) is 0 Å². The number of esters is 3. The summed E-state index contributed by atoms with van der Waals surface area (Å²) in [6.07, 6.45) is 72.5. The van der Waals surface area contributed by atoms with Crippen molar-refractivity contribution < 1.29 is 28.6 Å². The Morgan fingerprint density at radius 3 is 0.843 bits per heavy atom. The maximum Gasteiger partial charge on any atom is 0.306 e. The van der Waals surface area contributed by atoms with Crippen molar-refractivity contribution in [3.8, 4) is 0 Å². The van der Waals surface area contributed by atoms with Crippen molar-refractivity contribution in [1.82, 2.24) is 0 Å². The SMILES string of the molecule is CCCCC/C=C\C/C=C\C/C=C\CCCCCCC(=O)O[C@H](COC(=O)CCCCCCC/C=C\CCCCCCCCC)COC(=O)CCCCCCCCCCCCCCCCCCCCC. The lowest BCUT2D eigenvalue weighted by Crippen LogP contribution is -2.30. The van der Waals surface area contributed by atoms with Gasteiger partial charge in [-0.1, -0.05) is 268 Å². The second-order valence-electron chi connectivity index (χ2n) is 20.6. The maximum absolute atomic E-state index is 12.9. The molecule has 0 aliphatic heterocycles. The summed E-state index contributed by atoms with van der Waals surface area (Å²) in [6.45, 7) is 6.63. The van der Waals surface area contributed by atoms with Crippen molar-refractivity contribution >= 4 is 17.9 Å². The van der Waals surface area contributed by atoms with E-state index >= 15 is 0 Å². The van der Waals surface area contributed by atoms with Crippen LogP contribution in [0.4, 0.5) is 0 Å². The second-order valence-corrected chi connectivity index (χ2v) is 20.6. The summed E-state index contributed by atoms with van der Waals surface area (Å²) >= 11 is 0. The molecule has 0 amide bonds. The van der Waals surface area contributed by atoms with E-state index in [1.54, 1.807) is 0 Å². The van der Waals surface area contributed by atoms with Crippen LogP contribution in [-0.2, 0) is 28.6 Å². The Kier molecular flexibility index (Phi) is 56.7. The van der Waals surface area contributed by atoms with E-state index in [2.05, 4.69) is 69.4 Å². The van der Waals surface area contributed by atoms with E-state index in [0.29, 0.717) is 19.3 Å². The van der Waals surface area contributed by atoms with Gasteiger partial charge in [0.25, 0.3) is 0 Å². The molecule has 0 aliphatic carbocycles. The number of rotatable bonds is 56. The van der Waals surface area contributed by atoms with Crippen LogP contribution in [0, 0.1) is 0 Å². The number of ether oxygens (including phenoxy) is 3. The van der Waals surface area contributed by atoms with Crippen molar-refractivity contribution in [3.05, 3.63) is 48.6 Å². The first-order valence-electron chi connectivity index (χ1n) is 30.6. The molecule has 70 heavy (non-hydrogen) atoms. The molecule has 0 spiro atoms. The number of allylic oxidation sites excluding steroid dienone is 8. The van der Waals surface area contributed by atoms with Gasteiger partial charge in [0.2, 0.25) is 0 Å². The van der Waals surface area contributed by atoms with Gasteiger partial charge in [-0.2, -0.15) is 0 Å². The molecule has 0 fully saturated rings. The molecule has 0 N–H and O–H groups in total. The molecule has 0 saturated heterocycles. The second kappa shape index (κ2) is 58.9. The molecule has 0 radical (unpaired) electrons. The van der Waals surface area contributed by atoms with Crippen LogP contribution in [-0.4, -0.2) is 37.2 Å². The minimum atomic E-state index is -0.787. The number of carbonyl (C=O) groups is 3. The fraction of sp³-hybridized carbons (Fsp3) is 0.828. The third-order valence-electron chi connectivity index (χ3n) is 13.6. The topological polar surface area (TPSA) is 78.9 Å². The third kappa shape index (κ3) is 56.3. The van der Waals surface area contributed by atoms with Crippen molar-refractivity contribution in [2.75, 3.05) is 13.2 Å². The molecule has 0 aliphatic rings. The van der Waals surface area contributed by atoms with Crippen molar-refractivity contribution in [3.63, 3.8) is 0 Å². The molecule has 6 nitrogen and oxygen atoms in total. The van der Waals surface area contributed by atoms with Crippen LogP contribution in [0.2, 0.25) is 0 Å². The van der Waals surface area contributed by atoms with Crippen LogP contribution in [0.15, 0.2) is 48.6 Å². The summed E-state index contributed by atoms with van der Waals surface area (Å²) in [6, 6.07) is 0. The van der Waals surface area contributed by atoms with Gasteiger partial charge in [0.05, 0.1) is 0 Å². The predicted octanol–water partition coefficient (Wildman–Crippen LogP) is 20.6. The van der Waals surface area contributed by atoms with E-state index in [0.717, 1.165) is 89.9 Å². The molecule has 0 unspecified atom stereocenters. The van der Waals surface area contributed by atoms with Gasteiger partial charge in [-0.25, -0.2) is 0 Å². The lowest BCUT2D eigenvalue weighted by molar-refractivity contribution is -0.167. The Labute approximate surface area is 435 Å². The fourth-order valence-electron chi connectivity index (χ4n) is 8.92. The molecule has 1 atom stereocenters. The Morgan fingerprint density at radius 2 is 0.514 bits per heavy atom. The molecular weight excluding hydrogens is 865 g/mol. The van der Waals surface area contributed by atoms with E-state index < -0.39 is 6.10 Å². The summed E-state index contributed by atoms with van der Waals surface area (Å²) in [4.78, 5) is 38.2. The largest absolute Gasteiger partial charge is 0.462 e. The molecule has 0 heterocycles. The molecule has 408 valence electrons. The molecule has 0 aromatic rings. The number of hydrogen-bond acceptors (Lipinski definition) is 6. The quantitative estimate of drug-likeness (QED) is 0.0261. The Balaban J connectivity index is 4.38. The van der Waals surface area contributed by atoms with Gasteiger partial charge >= 0.3 is 17.9 Å². The zero-order valence-electron chi connectivity index (χ0n) is 46.8. The van der Waals surface area contributed by atoms with Crippen molar-refractivity contribution in [1.29, 1.82) is 0 Å². The Morgan fingerprint density at radius 1 is 0.286 bits per heavy atom. The van der Waals surface area contributed by atoms with Crippen LogP contribution in [0.25, 0.3) is 0 Å². The van der Waals surface area contributed by atoms with Gasteiger partial charge < -0.3 is 14.2 Å². The smallest absolute Gasteiger partial charge is 0.306 e. The molecule has 0 aromatic carbocycles. The lowest BCUT2D eigenvalue weighted by atomic mass is 10.0. The van der Waals surface area contributed by atoms with Crippen molar-refractivity contribution in [2.45, 2.75) is 329 Å². The van der Waals surface area contributed by atoms with Gasteiger partial charge in [0, 0.05) is 19.3 Å². The monoisotopic (exact) mass is 981 g/mol. The first-order valence-corrected chi connectivity index (χ1v) is 30.6. The molecule has 0 bridgehead atoms. The summed E-state index contributed by atoms with van der Waals surface area (Å²) in [7, 11) is 0. The van der Waals surface area contributed by atoms with Gasteiger partial charge in [-0.3, -0.25) is 14.4 Å². The molecule has 6 heteroatoms. The van der Waals surface area contributed by atoms with Gasteiger partial charge in [0.15, 0.2) is 6.10 Å². The van der Waals surface area contributed by atoms with Crippen LogP contribution >= 0.6 is 0 Å². The van der Waals surface area contributed by atoms with E-state index in [1.165, 1.54) is 193 Å². The minimum absolute atomic E-state index is 0.0816. The molecule has 0 aromatic heterocycles.